The molecule has 0 spiro atoms. The highest BCUT2D eigenvalue weighted by Gasteiger charge is 2.21. The third-order valence-electron chi connectivity index (χ3n) is 3.01. The van der Waals surface area contributed by atoms with Crippen LogP contribution in [0.5, 0.6) is 5.75 Å². The Kier molecular flexibility index (Phi) is 3.79. The first-order chi connectivity index (χ1) is 9.43. The number of aromatic nitrogens is 1. The summed E-state index contributed by atoms with van der Waals surface area (Å²) in [5.74, 6) is -0.116. The zero-order chi connectivity index (χ0) is 14.9. The fourth-order valence-corrected chi connectivity index (χ4v) is 2.11. The van der Waals surface area contributed by atoms with Gasteiger partial charge in [0, 0.05) is 12.5 Å². The molecule has 0 unspecified atom stereocenters. The van der Waals surface area contributed by atoms with Gasteiger partial charge in [0.1, 0.15) is 11.4 Å². The third-order valence-corrected chi connectivity index (χ3v) is 3.01. The standard InChI is InChI=1S/C15H17NO4/c1-5-19-12-7-8(2)11(6-9(12)3)13-14(15(17)18)20-10(4)16-13/h6-7H,5H2,1-4H3,(H,17,18). The quantitative estimate of drug-likeness (QED) is 0.926. The Hall–Kier alpha value is -2.30. The molecule has 0 saturated carbocycles. The van der Waals surface area contributed by atoms with Crippen molar-refractivity contribution in [2.24, 2.45) is 0 Å². The highest BCUT2D eigenvalue weighted by Crippen LogP contribution is 2.32. The lowest BCUT2D eigenvalue weighted by molar-refractivity contribution is 0.0662. The molecular formula is C15H17NO4. The van der Waals surface area contributed by atoms with Crippen LogP contribution in [0.4, 0.5) is 0 Å². The van der Waals surface area contributed by atoms with E-state index in [2.05, 4.69) is 4.98 Å². The van der Waals surface area contributed by atoms with Crippen LogP contribution in [0.25, 0.3) is 11.3 Å². The predicted molar refractivity (Wildman–Crippen MR) is 74.3 cm³/mol. The lowest BCUT2D eigenvalue weighted by atomic mass is 10.0. The second kappa shape index (κ2) is 5.36. The van der Waals surface area contributed by atoms with E-state index in [9.17, 15) is 9.90 Å². The normalized spacial score (nSPS) is 10.6. The molecule has 0 saturated heterocycles. The summed E-state index contributed by atoms with van der Waals surface area (Å²) in [4.78, 5) is 15.4. The summed E-state index contributed by atoms with van der Waals surface area (Å²) in [7, 11) is 0. The van der Waals surface area contributed by atoms with E-state index in [1.165, 1.54) is 0 Å². The molecule has 2 rings (SSSR count). The van der Waals surface area contributed by atoms with Crippen LogP contribution in [0.1, 0.15) is 34.5 Å². The van der Waals surface area contributed by atoms with Gasteiger partial charge in [0.2, 0.25) is 5.76 Å². The molecule has 1 N–H and O–H groups in total. The first-order valence-corrected chi connectivity index (χ1v) is 6.39. The molecule has 0 aliphatic carbocycles. The molecule has 0 amide bonds. The molecule has 0 aliphatic heterocycles. The van der Waals surface area contributed by atoms with Crippen LogP contribution in [0.2, 0.25) is 0 Å². The number of ether oxygens (including phenoxy) is 1. The Morgan fingerprint density at radius 3 is 2.60 bits per heavy atom. The molecule has 0 atom stereocenters. The van der Waals surface area contributed by atoms with Crippen LogP contribution in [-0.2, 0) is 0 Å². The van der Waals surface area contributed by atoms with E-state index in [1.54, 1.807) is 6.92 Å². The summed E-state index contributed by atoms with van der Waals surface area (Å²) in [6.07, 6.45) is 0. The second-order valence-corrected chi connectivity index (χ2v) is 4.58. The number of nitrogens with zero attached hydrogens (tertiary/aromatic N) is 1. The predicted octanol–water partition coefficient (Wildman–Crippen LogP) is 3.36. The lowest BCUT2D eigenvalue weighted by Gasteiger charge is -2.11. The van der Waals surface area contributed by atoms with Crippen molar-refractivity contribution in [3.8, 4) is 17.0 Å². The van der Waals surface area contributed by atoms with Gasteiger partial charge in [0.25, 0.3) is 0 Å². The van der Waals surface area contributed by atoms with E-state index in [4.69, 9.17) is 9.15 Å². The van der Waals surface area contributed by atoms with Crippen LogP contribution in [0.15, 0.2) is 16.5 Å². The fourth-order valence-electron chi connectivity index (χ4n) is 2.11. The van der Waals surface area contributed by atoms with Crippen molar-refractivity contribution < 1.29 is 19.1 Å². The summed E-state index contributed by atoms with van der Waals surface area (Å²) in [5, 5.41) is 9.18. The van der Waals surface area contributed by atoms with E-state index < -0.39 is 5.97 Å². The van der Waals surface area contributed by atoms with Gasteiger partial charge in [-0.25, -0.2) is 9.78 Å². The molecule has 1 heterocycles. The fraction of sp³-hybridized carbons (Fsp3) is 0.333. The van der Waals surface area contributed by atoms with Crippen LogP contribution in [-0.4, -0.2) is 22.7 Å². The van der Waals surface area contributed by atoms with E-state index in [0.29, 0.717) is 18.2 Å². The zero-order valence-electron chi connectivity index (χ0n) is 12.0. The number of rotatable bonds is 4. The topological polar surface area (TPSA) is 72.6 Å². The van der Waals surface area contributed by atoms with Crippen molar-refractivity contribution in [1.29, 1.82) is 0 Å². The molecule has 5 heteroatoms. The van der Waals surface area contributed by atoms with Gasteiger partial charge in [-0.2, -0.15) is 0 Å². The Balaban J connectivity index is 2.59. The maximum atomic E-state index is 11.2. The van der Waals surface area contributed by atoms with Crippen molar-refractivity contribution in [3.05, 3.63) is 34.9 Å². The molecule has 2 aromatic rings. The zero-order valence-corrected chi connectivity index (χ0v) is 12.0. The molecule has 0 radical (unpaired) electrons. The van der Waals surface area contributed by atoms with Crippen LogP contribution in [0.3, 0.4) is 0 Å². The number of hydrogen-bond acceptors (Lipinski definition) is 4. The van der Waals surface area contributed by atoms with E-state index >= 15 is 0 Å². The second-order valence-electron chi connectivity index (χ2n) is 4.58. The number of hydrogen-bond donors (Lipinski definition) is 1. The van der Waals surface area contributed by atoms with Crippen LogP contribution >= 0.6 is 0 Å². The summed E-state index contributed by atoms with van der Waals surface area (Å²) >= 11 is 0. The molecule has 5 nitrogen and oxygen atoms in total. The molecule has 20 heavy (non-hydrogen) atoms. The number of carbonyl (C=O) groups is 1. The van der Waals surface area contributed by atoms with E-state index in [1.807, 2.05) is 32.9 Å². The maximum Gasteiger partial charge on any atom is 0.374 e. The molecule has 0 aliphatic rings. The number of aryl methyl sites for hydroxylation is 3. The maximum absolute atomic E-state index is 11.2. The molecule has 0 fully saturated rings. The minimum Gasteiger partial charge on any atom is -0.494 e. The summed E-state index contributed by atoms with van der Waals surface area (Å²) in [6.45, 7) is 7.95. The Morgan fingerprint density at radius 1 is 1.30 bits per heavy atom. The smallest absolute Gasteiger partial charge is 0.374 e. The van der Waals surface area contributed by atoms with Crippen molar-refractivity contribution in [2.75, 3.05) is 6.61 Å². The number of carboxylic acid groups (broad SMARTS) is 1. The van der Waals surface area contributed by atoms with Gasteiger partial charge >= 0.3 is 5.97 Å². The molecule has 0 bridgehead atoms. The lowest BCUT2D eigenvalue weighted by Crippen LogP contribution is -2.00. The van der Waals surface area contributed by atoms with Gasteiger partial charge in [-0.3, -0.25) is 0 Å². The number of oxazole rings is 1. The monoisotopic (exact) mass is 275 g/mol. The molecule has 106 valence electrons. The van der Waals surface area contributed by atoms with Crippen molar-refractivity contribution in [1.82, 2.24) is 4.98 Å². The first kappa shape index (κ1) is 14.1. The number of aromatic carboxylic acids is 1. The number of benzene rings is 1. The average molecular weight is 275 g/mol. The average Bonchev–Trinajstić information content (AvgIpc) is 2.76. The highest BCUT2D eigenvalue weighted by atomic mass is 16.5. The van der Waals surface area contributed by atoms with Gasteiger partial charge in [-0.1, -0.05) is 0 Å². The van der Waals surface area contributed by atoms with Crippen LogP contribution < -0.4 is 4.74 Å². The SMILES string of the molecule is CCOc1cc(C)c(-c2nc(C)oc2C(=O)O)cc1C. The highest BCUT2D eigenvalue weighted by molar-refractivity contribution is 5.92. The minimum absolute atomic E-state index is 0.130. The Morgan fingerprint density at radius 2 is 2.00 bits per heavy atom. The van der Waals surface area contributed by atoms with Gasteiger partial charge in [-0.05, 0) is 44.0 Å². The third kappa shape index (κ3) is 2.52. The summed E-state index contributed by atoms with van der Waals surface area (Å²) in [6, 6.07) is 3.77. The first-order valence-electron chi connectivity index (χ1n) is 6.39. The molecule has 1 aromatic heterocycles. The van der Waals surface area contributed by atoms with Gasteiger partial charge in [0.05, 0.1) is 6.61 Å². The van der Waals surface area contributed by atoms with Crippen molar-refractivity contribution in [3.63, 3.8) is 0 Å². The van der Waals surface area contributed by atoms with E-state index in [0.717, 1.165) is 22.4 Å². The van der Waals surface area contributed by atoms with Gasteiger partial charge in [-0.15, -0.1) is 0 Å². The summed E-state index contributed by atoms with van der Waals surface area (Å²) < 4.78 is 10.7. The molecular weight excluding hydrogens is 258 g/mol. The summed E-state index contributed by atoms with van der Waals surface area (Å²) in [5.41, 5.74) is 2.94. The van der Waals surface area contributed by atoms with E-state index in [-0.39, 0.29) is 5.76 Å². The van der Waals surface area contributed by atoms with Gasteiger partial charge in [0.15, 0.2) is 5.89 Å². The van der Waals surface area contributed by atoms with Crippen molar-refractivity contribution in [2.45, 2.75) is 27.7 Å². The Labute approximate surface area is 117 Å². The largest absolute Gasteiger partial charge is 0.494 e. The number of carboxylic acids is 1. The van der Waals surface area contributed by atoms with Crippen LogP contribution in [0, 0.1) is 20.8 Å². The minimum atomic E-state index is -1.12. The molecule has 1 aromatic carbocycles. The van der Waals surface area contributed by atoms with Gasteiger partial charge < -0.3 is 14.3 Å². The Bertz CT molecular complexity index is 658. The van der Waals surface area contributed by atoms with Crippen molar-refractivity contribution >= 4 is 5.97 Å².